The predicted molar refractivity (Wildman–Crippen MR) is 42.6 cm³/mol. The molecule has 0 unspecified atom stereocenters. The van der Waals surface area contributed by atoms with Gasteiger partial charge in [-0.2, -0.15) is 0 Å². The molecule has 3 nitrogen and oxygen atoms in total. The van der Waals surface area contributed by atoms with Gasteiger partial charge in [0.2, 0.25) is 0 Å². The van der Waals surface area contributed by atoms with Crippen LogP contribution in [0.1, 0.15) is 11.9 Å². The summed E-state index contributed by atoms with van der Waals surface area (Å²) in [5.74, 6) is -1.10. The number of hydrogen-bond donors (Lipinski definition) is 1. The van der Waals surface area contributed by atoms with Crippen LogP contribution >= 0.6 is 11.3 Å². The Hall–Kier alpha value is -0.900. The van der Waals surface area contributed by atoms with Gasteiger partial charge in [-0.3, -0.25) is 4.79 Å². The van der Waals surface area contributed by atoms with E-state index in [1.807, 2.05) is 5.38 Å². The maximum absolute atomic E-state index is 10.4. The van der Waals surface area contributed by atoms with Gasteiger partial charge in [-0.1, -0.05) is 6.92 Å². The number of carbonyl (C=O) groups is 1. The van der Waals surface area contributed by atoms with E-state index in [9.17, 15) is 4.79 Å². The molecule has 1 atom stereocenters. The third-order valence-corrected chi connectivity index (χ3v) is 2.19. The maximum Gasteiger partial charge on any atom is 0.306 e. The molecule has 0 aliphatic rings. The van der Waals surface area contributed by atoms with Crippen LogP contribution in [0, 0.1) is 5.92 Å². The third kappa shape index (κ3) is 2.31. The molecule has 0 aromatic carbocycles. The van der Waals surface area contributed by atoms with Gasteiger partial charge in [-0.05, 0) is 0 Å². The zero-order valence-corrected chi connectivity index (χ0v) is 6.97. The second-order valence-electron chi connectivity index (χ2n) is 2.37. The lowest BCUT2D eigenvalue weighted by molar-refractivity contribution is -0.141. The zero-order chi connectivity index (χ0) is 8.27. The second-order valence-corrected chi connectivity index (χ2v) is 3.35. The molecule has 4 heteroatoms. The number of nitrogens with zero attached hydrogens (tertiary/aromatic N) is 1. The topological polar surface area (TPSA) is 50.2 Å². The fourth-order valence-electron chi connectivity index (χ4n) is 0.703. The monoisotopic (exact) mass is 171 g/mol. The smallest absolute Gasteiger partial charge is 0.306 e. The number of hydrogen-bond acceptors (Lipinski definition) is 3. The van der Waals surface area contributed by atoms with E-state index in [1.54, 1.807) is 13.1 Å². The first-order valence-corrected chi connectivity index (χ1v) is 4.19. The van der Waals surface area contributed by atoms with Crippen LogP contribution < -0.4 is 0 Å². The minimum Gasteiger partial charge on any atom is -0.481 e. The molecule has 60 valence electrons. The summed E-state index contributed by atoms with van der Waals surface area (Å²) < 4.78 is 0. The van der Waals surface area contributed by atoms with Crippen LogP contribution in [-0.4, -0.2) is 16.1 Å². The van der Waals surface area contributed by atoms with Crippen molar-refractivity contribution in [1.29, 1.82) is 0 Å². The van der Waals surface area contributed by atoms with Crippen molar-refractivity contribution < 1.29 is 9.90 Å². The van der Waals surface area contributed by atoms with Gasteiger partial charge in [-0.25, -0.2) is 4.98 Å². The number of aromatic nitrogens is 1. The molecule has 0 saturated carbocycles. The van der Waals surface area contributed by atoms with Crippen LogP contribution in [0.25, 0.3) is 0 Å². The molecule has 1 N–H and O–H groups in total. The summed E-state index contributed by atoms with van der Waals surface area (Å²) in [7, 11) is 0. The normalized spacial score (nSPS) is 12.8. The molecule has 0 spiro atoms. The van der Waals surface area contributed by atoms with Gasteiger partial charge in [-0.15, -0.1) is 11.3 Å². The molecule has 1 aromatic rings. The molecule has 1 rings (SSSR count). The molecule has 0 radical (unpaired) electrons. The largest absolute Gasteiger partial charge is 0.481 e. The van der Waals surface area contributed by atoms with E-state index >= 15 is 0 Å². The van der Waals surface area contributed by atoms with Gasteiger partial charge in [0.25, 0.3) is 0 Å². The number of carboxylic acids is 1. The molecule has 0 bridgehead atoms. The van der Waals surface area contributed by atoms with Crippen molar-refractivity contribution in [2.24, 2.45) is 5.92 Å². The Morgan fingerprint density at radius 1 is 1.91 bits per heavy atom. The lowest BCUT2D eigenvalue weighted by Gasteiger charge is -2.00. The van der Waals surface area contributed by atoms with Crippen LogP contribution in [0.2, 0.25) is 0 Å². The minimum atomic E-state index is -0.764. The molecule has 11 heavy (non-hydrogen) atoms. The van der Waals surface area contributed by atoms with Gasteiger partial charge < -0.3 is 5.11 Å². The summed E-state index contributed by atoms with van der Waals surface area (Å²) in [6.45, 7) is 1.68. The molecule has 0 amide bonds. The summed E-state index contributed by atoms with van der Waals surface area (Å²) in [5, 5.41) is 11.3. The van der Waals surface area contributed by atoms with Crippen LogP contribution in [0.15, 0.2) is 11.6 Å². The fraction of sp³-hybridized carbons (Fsp3) is 0.429. The van der Waals surface area contributed by atoms with Crippen molar-refractivity contribution in [3.63, 3.8) is 0 Å². The lowest BCUT2D eigenvalue weighted by atomic mass is 10.1. The first-order valence-electron chi connectivity index (χ1n) is 3.31. The maximum atomic E-state index is 10.4. The Morgan fingerprint density at radius 3 is 3.09 bits per heavy atom. The highest BCUT2D eigenvalue weighted by molar-refractivity contribution is 7.09. The van der Waals surface area contributed by atoms with E-state index in [4.69, 9.17) is 5.11 Å². The Kier molecular flexibility index (Phi) is 2.59. The highest BCUT2D eigenvalue weighted by Gasteiger charge is 2.12. The average molecular weight is 171 g/mol. The van der Waals surface area contributed by atoms with E-state index < -0.39 is 5.97 Å². The lowest BCUT2D eigenvalue weighted by Crippen LogP contribution is -2.11. The number of rotatable bonds is 3. The highest BCUT2D eigenvalue weighted by Crippen LogP contribution is 2.10. The Labute approximate surface area is 68.7 Å². The zero-order valence-electron chi connectivity index (χ0n) is 6.15. The van der Waals surface area contributed by atoms with Gasteiger partial charge in [0.05, 0.1) is 10.9 Å². The second kappa shape index (κ2) is 3.48. The van der Waals surface area contributed by atoms with E-state index in [0.717, 1.165) is 5.01 Å². The molecule has 1 aromatic heterocycles. The summed E-state index contributed by atoms with van der Waals surface area (Å²) >= 11 is 1.49. The molecule has 0 aliphatic carbocycles. The van der Waals surface area contributed by atoms with Crippen molar-refractivity contribution in [2.75, 3.05) is 0 Å². The summed E-state index contributed by atoms with van der Waals surface area (Å²) in [6, 6.07) is 0. The molecule has 0 fully saturated rings. The van der Waals surface area contributed by atoms with Crippen LogP contribution in [0.5, 0.6) is 0 Å². The third-order valence-electron chi connectivity index (χ3n) is 1.39. The highest BCUT2D eigenvalue weighted by atomic mass is 32.1. The number of carboxylic acid groups (broad SMARTS) is 1. The standard InChI is InChI=1S/C7H9NO2S/c1-5(7(9)10)4-6-8-2-3-11-6/h2-3,5H,4H2,1H3,(H,9,10)/t5-/m1/s1. The molecule has 0 aliphatic heterocycles. The van der Waals surface area contributed by atoms with Crippen molar-refractivity contribution in [2.45, 2.75) is 13.3 Å². The minimum absolute atomic E-state index is 0.332. The van der Waals surface area contributed by atoms with Crippen molar-refractivity contribution in [3.05, 3.63) is 16.6 Å². The van der Waals surface area contributed by atoms with Gasteiger partial charge in [0.1, 0.15) is 0 Å². The molecule has 0 saturated heterocycles. The van der Waals surface area contributed by atoms with Crippen molar-refractivity contribution in [3.8, 4) is 0 Å². The molecule has 1 heterocycles. The SMILES string of the molecule is C[C@H](Cc1nccs1)C(=O)O. The van der Waals surface area contributed by atoms with Crippen LogP contribution in [-0.2, 0) is 11.2 Å². The first kappa shape index (κ1) is 8.20. The van der Waals surface area contributed by atoms with E-state index in [1.165, 1.54) is 11.3 Å². The first-order chi connectivity index (χ1) is 5.20. The summed E-state index contributed by atoms with van der Waals surface area (Å²) in [4.78, 5) is 14.4. The average Bonchev–Trinajstić information content (AvgIpc) is 2.39. The number of aliphatic carboxylic acids is 1. The van der Waals surface area contributed by atoms with Crippen LogP contribution in [0.3, 0.4) is 0 Å². The van der Waals surface area contributed by atoms with Gasteiger partial charge in [0.15, 0.2) is 0 Å². The summed E-state index contributed by atoms with van der Waals surface area (Å²) in [5.41, 5.74) is 0. The Morgan fingerprint density at radius 2 is 2.64 bits per heavy atom. The van der Waals surface area contributed by atoms with E-state index in [0.29, 0.717) is 6.42 Å². The van der Waals surface area contributed by atoms with Gasteiger partial charge >= 0.3 is 5.97 Å². The van der Waals surface area contributed by atoms with Crippen molar-refractivity contribution in [1.82, 2.24) is 4.98 Å². The van der Waals surface area contributed by atoms with Crippen LogP contribution in [0.4, 0.5) is 0 Å². The molecular formula is C7H9NO2S. The predicted octanol–water partition coefficient (Wildman–Crippen LogP) is 1.41. The Bertz CT molecular complexity index is 233. The summed E-state index contributed by atoms with van der Waals surface area (Å²) in [6.07, 6.45) is 2.22. The fourth-order valence-corrected chi connectivity index (χ4v) is 1.45. The molecular weight excluding hydrogens is 162 g/mol. The van der Waals surface area contributed by atoms with Crippen molar-refractivity contribution >= 4 is 17.3 Å². The number of thiazole rings is 1. The Balaban J connectivity index is 2.50. The van der Waals surface area contributed by atoms with E-state index in [2.05, 4.69) is 4.98 Å². The van der Waals surface area contributed by atoms with E-state index in [-0.39, 0.29) is 5.92 Å². The van der Waals surface area contributed by atoms with Gasteiger partial charge in [0, 0.05) is 18.0 Å². The quantitative estimate of drug-likeness (QED) is 0.748.